The zero-order valence-corrected chi connectivity index (χ0v) is 10.1. The Kier molecular flexibility index (Phi) is 2.03. The molecule has 4 fully saturated rings. The standard InChI is InChI=1S/C12H20N2O2/c1-12(2,3)16-11(15)14-8-5-6-4-7-9(8)10(7)13-6/h6-10,13H,4-5H2,1-3H3,(H,14,15). The van der Waals surface area contributed by atoms with Gasteiger partial charge in [0.05, 0.1) is 0 Å². The molecule has 0 radical (unpaired) electrons. The average molecular weight is 224 g/mol. The summed E-state index contributed by atoms with van der Waals surface area (Å²) in [6.07, 6.45) is 2.11. The first-order valence-electron chi connectivity index (χ1n) is 6.19. The van der Waals surface area contributed by atoms with Crippen LogP contribution in [-0.4, -0.2) is 29.8 Å². The number of hydrogen-bond donors (Lipinski definition) is 2. The second-order valence-electron chi connectivity index (χ2n) is 6.35. The number of rotatable bonds is 1. The van der Waals surface area contributed by atoms with E-state index in [-0.39, 0.29) is 6.09 Å². The Bertz CT molecular complexity index is 311. The van der Waals surface area contributed by atoms with Crippen LogP contribution in [0.2, 0.25) is 0 Å². The summed E-state index contributed by atoms with van der Waals surface area (Å²) in [6.45, 7) is 5.69. The van der Waals surface area contributed by atoms with Gasteiger partial charge < -0.3 is 15.4 Å². The van der Waals surface area contributed by atoms with E-state index < -0.39 is 5.60 Å². The molecule has 5 unspecified atom stereocenters. The quantitative estimate of drug-likeness (QED) is 0.705. The average Bonchev–Trinajstić information content (AvgIpc) is 2.66. The highest BCUT2D eigenvalue weighted by Gasteiger charge is 2.63. The Labute approximate surface area is 96.1 Å². The van der Waals surface area contributed by atoms with Gasteiger partial charge in [0.2, 0.25) is 0 Å². The highest BCUT2D eigenvalue weighted by molar-refractivity contribution is 5.68. The molecule has 4 rings (SSSR count). The van der Waals surface area contributed by atoms with E-state index >= 15 is 0 Å². The van der Waals surface area contributed by atoms with Crippen molar-refractivity contribution in [2.24, 2.45) is 11.8 Å². The predicted molar refractivity (Wildman–Crippen MR) is 60.1 cm³/mol. The molecule has 0 aromatic heterocycles. The monoisotopic (exact) mass is 224 g/mol. The number of hydrogen-bond acceptors (Lipinski definition) is 3. The SMILES string of the molecule is CC(C)(C)OC(=O)NC1CC2CC3C(N2)C13. The maximum Gasteiger partial charge on any atom is 0.407 e. The third-order valence-electron chi connectivity index (χ3n) is 3.92. The second-order valence-corrected chi connectivity index (χ2v) is 6.35. The number of ether oxygens (including phenoxy) is 1. The van der Waals surface area contributed by atoms with Crippen LogP contribution in [-0.2, 0) is 4.74 Å². The van der Waals surface area contributed by atoms with Gasteiger partial charge in [-0.25, -0.2) is 4.79 Å². The molecule has 2 aliphatic carbocycles. The van der Waals surface area contributed by atoms with Gasteiger partial charge >= 0.3 is 6.09 Å². The molecule has 2 saturated carbocycles. The van der Waals surface area contributed by atoms with E-state index in [9.17, 15) is 4.79 Å². The number of carbonyl (C=O) groups excluding carboxylic acids is 1. The molecule has 0 aromatic carbocycles. The summed E-state index contributed by atoms with van der Waals surface area (Å²) in [5.41, 5.74) is -0.400. The fourth-order valence-corrected chi connectivity index (χ4v) is 3.40. The molecule has 1 amide bonds. The lowest BCUT2D eigenvalue weighted by molar-refractivity contribution is 0.0477. The predicted octanol–water partition coefficient (Wildman–Crippen LogP) is 1.26. The Hall–Kier alpha value is -0.770. The number of piperidine rings is 2. The lowest BCUT2D eigenvalue weighted by atomic mass is 9.90. The second kappa shape index (κ2) is 3.13. The Balaban J connectivity index is 1.55. The summed E-state index contributed by atoms with van der Waals surface area (Å²) in [5, 5.41) is 6.61. The van der Waals surface area contributed by atoms with E-state index in [2.05, 4.69) is 10.6 Å². The van der Waals surface area contributed by atoms with Gasteiger partial charge in [0.1, 0.15) is 5.60 Å². The van der Waals surface area contributed by atoms with Gasteiger partial charge in [-0.15, -0.1) is 0 Å². The van der Waals surface area contributed by atoms with Gasteiger partial charge in [-0.2, -0.15) is 0 Å². The molecule has 0 spiro atoms. The third kappa shape index (κ3) is 1.69. The first kappa shape index (κ1) is 10.4. The molecule has 5 atom stereocenters. The van der Waals surface area contributed by atoms with E-state index in [0.29, 0.717) is 24.0 Å². The van der Waals surface area contributed by atoms with Crippen LogP contribution in [0.25, 0.3) is 0 Å². The van der Waals surface area contributed by atoms with Crippen LogP contribution in [0.4, 0.5) is 4.79 Å². The van der Waals surface area contributed by atoms with Crippen molar-refractivity contribution in [1.29, 1.82) is 0 Å². The van der Waals surface area contributed by atoms with Gasteiger partial charge in [-0.1, -0.05) is 0 Å². The van der Waals surface area contributed by atoms with Crippen LogP contribution in [0.1, 0.15) is 33.6 Å². The molecular weight excluding hydrogens is 204 g/mol. The fourth-order valence-electron chi connectivity index (χ4n) is 3.40. The lowest BCUT2D eigenvalue weighted by Crippen LogP contribution is -2.50. The van der Waals surface area contributed by atoms with Crippen LogP contribution < -0.4 is 10.6 Å². The van der Waals surface area contributed by atoms with E-state index in [1.807, 2.05) is 20.8 Å². The molecule has 16 heavy (non-hydrogen) atoms. The zero-order chi connectivity index (χ0) is 11.5. The van der Waals surface area contributed by atoms with Gasteiger partial charge in [-0.05, 0) is 45.4 Å². The molecule has 2 heterocycles. The van der Waals surface area contributed by atoms with E-state index in [4.69, 9.17) is 4.74 Å². The van der Waals surface area contributed by atoms with Gasteiger partial charge in [-0.3, -0.25) is 0 Å². The number of nitrogens with one attached hydrogen (secondary N) is 2. The summed E-state index contributed by atoms with van der Waals surface area (Å²) >= 11 is 0. The van der Waals surface area contributed by atoms with Crippen molar-refractivity contribution in [3.8, 4) is 0 Å². The first-order valence-corrected chi connectivity index (χ1v) is 6.19. The molecular formula is C12H20N2O2. The molecule has 2 saturated heterocycles. The summed E-state index contributed by atoms with van der Waals surface area (Å²) in [5.74, 6) is 1.48. The maximum atomic E-state index is 11.7. The summed E-state index contributed by atoms with van der Waals surface area (Å²) < 4.78 is 5.29. The van der Waals surface area contributed by atoms with Crippen molar-refractivity contribution in [2.45, 2.75) is 57.3 Å². The minimum atomic E-state index is -0.400. The van der Waals surface area contributed by atoms with Crippen molar-refractivity contribution >= 4 is 6.09 Å². The summed E-state index contributed by atoms with van der Waals surface area (Å²) in [4.78, 5) is 11.7. The van der Waals surface area contributed by atoms with E-state index in [1.165, 1.54) is 6.42 Å². The van der Waals surface area contributed by atoms with E-state index in [0.717, 1.165) is 12.3 Å². The molecule has 2 N–H and O–H groups in total. The van der Waals surface area contributed by atoms with Crippen LogP contribution in [0.15, 0.2) is 0 Å². The van der Waals surface area contributed by atoms with Gasteiger partial charge in [0.15, 0.2) is 0 Å². The minimum absolute atomic E-state index is 0.260. The Morgan fingerprint density at radius 3 is 2.62 bits per heavy atom. The van der Waals surface area contributed by atoms with Crippen molar-refractivity contribution < 1.29 is 9.53 Å². The Morgan fingerprint density at radius 2 is 2.12 bits per heavy atom. The number of alkyl carbamates (subject to hydrolysis) is 1. The summed E-state index contributed by atoms with van der Waals surface area (Å²) in [6, 6.07) is 1.64. The van der Waals surface area contributed by atoms with Crippen LogP contribution >= 0.6 is 0 Å². The van der Waals surface area contributed by atoms with Crippen molar-refractivity contribution in [3.63, 3.8) is 0 Å². The number of fused-ring (bicyclic) bond motifs is 1. The smallest absolute Gasteiger partial charge is 0.407 e. The maximum absolute atomic E-state index is 11.7. The zero-order valence-electron chi connectivity index (χ0n) is 10.1. The lowest BCUT2D eigenvalue weighted by Gasteiger charge is -2.32. The molecule has 0 aromatic rings. The Morgan fingerprint density at radius 1 is 1.38 bits per heavy atom. The van der Waals surface area contributed by atoms with Gasteiger partial charge in [0.25, 0.3) is 0 Å². The van der Waals surface area contributed by atoms with Crippen LogP contribution in [0, 0.1) is 11.8 Å². The molecule has 4 heteroatoms. The largest absolute Gasteiger partial charge is 0.444 e. The van der Waals surface area contributed by atoms with Crippen LogP contribution in [0.5, 0.6) is 0 Å². The normalized spacial score (nSPS) is 44.1. The molecule has 4 nitrogen and oxygen atoms in total. The van der Waals surface area contributed by atoms with Gasteiger partial charge in [0, 0.05) is 18.1 Å². The summed E-state index contributed by atoms with van der Waals surface area (Å²) in [7, 11) is 0. The minimum Gasteiger partial charge on any atom is -0.444 e. The van der Waals surface area contributed by atoms with Crippen LogP contribution in [0.3, 0.4) is 0 Å². The molecule has 4 bridgehead atoms. The third-order valence-corrected chi connectivity index (χ3v) is 3.92. The van der Waals surface area contributed by atoms with E-state index in [1.54, 1.807) is 0 Å². The van der Waals surface area contributed by atoms with Crippen molar-refractivity contribution in [2.75, 3.05) is 0 Å². The van der Waals surface area contributed by atoms with Crippen molar-refractivity contribution in [3.05, 3.63) is 0 Å². The first-order chi connectivity index (χ1) is 7.44. The number of amides is 1. The topological polar surface area (TPSA) is 50.4 Å². The molecule has 4 aliphatic rings. The molecule has 90 valence electrons. The highest BCUT2D eigenvalue weighted by atomic mass is 16.6. The fraction of sp³-hybridized carbons (Fsp3) is 0.917. The van der Waals surface area contributed by atoms with Crippen molar-refractivity contribution in [1.82, 2.24) is 10.6 Å². The molecule has 2 aliphatic heterocycles. The highest BCUT2D eigenvalue weighted by Crippen LogP contribution is 2.55. The number of carbonyl (C=O) groups is 1.